The summed E-state index contributed by atoms with van der Waals surface area (Å²) in [6.45, 7) is 15.0. The number of aryl methyl sites for hydroxylation is 2. The van der Waals surface area contributed by atoms with Gasteiger partial charge in [0.25, 0.3) is 0 Å². The van der Waals surface area contributed by atoms with Crippen molar-refractivity contribution < 1.29 is 0 Å². The summed E-state index contributed by atoms with van der Waals surface area (Å²) in [4.78, 5) is 2.64. The zero-order chi connectivity index (χ0) is 16.8. The third-order valence-electron chi connectivity index (χ3n) is 3.73. The predicted molar refractivity (Wildman–Crippen MR) is 102 cm³/mol. The second-order valence-electron chi connectivity index (χ2n) is 6.32. The van der Waals surface area contributed by atoms with E-state index in [-0.39, 0.29) is 0 Å². The molecule has 1 rings (SSSR count). The molecule has 1 aromatic carbocycles. The Morgan fingerprint density at radius 2 is 1.09 bits per heavy atom. The molecule has 0 aliphatic rings. The van der Waals surface area contributed by atoms with E-state index in [9.17, 15) is 0 Å². The summed E-state index contributed by atoms with van der Waals surface area (Å²) in [5.41, 5.74) is 2.67. The van der Waals surface area contributed by atoms with E-state index in [0.29, 0.717) is 0 Å². The topological polar surface area (TPSA) is 3.24 Å². The molecule has 122 valence electrons. The van der Waals surface area contributed by atoms with E-state index in [1.54, 1.807) is 0 Å². The first-order valence-electron chi connectivity index (χ1n) is 9.09. The molecule has 0 aromatic heterocycles. The van der Waals surface area contributed by atoms with Gasteiger partial charge in [0.05, 0.1) is 0 Å². The van der Waals surface area contributed by atoms with Gasteiger partial charge in [0.2, 0.25) is 0 Å². The summed E-state index contributed by atoms with van der Waals surface area (Å²) >= 11 is 2.70. The summed E-state index contributed by atoms with van der Waals surface area (Å²) in [6.07, 6.45) is 8.09. The van der Waals surface area contributed by atoms with Gasteiger partial charge in [-0.15, -0.1) is 0 Å². The second-order valence-corrected chi connectivity index (χ2v) is 6.99. The first-order valence-corrected chi connectivity index (χ1v) is 9.67. The van der Waals surface area contributed by atoms with Crippen LogP contribution in [0.15, 0.2) is 18.2 Å². The van der Waals surface area contributed by atoms with Gasteiger partial charge in [-0.1, -0.05) is 40.0 Å². The van der Waals surface area contributed by atoms with Crippen LogP contribution in [0.2, 0.25) is 0 Å². The van der Waals surface area contributed by atoms with Crippen LogP contribution in [0.1, 0.15) is 70.4 Å². The van der Waals surface area contributed by atoms with Gasteiger partial charge in [-0.2, -0.15) is 0 Å². The Morgan fingerprint density at radius 1 is 0.727 bits per heavy atom. The second kappa shape index (κ2) is 14.3. The minimum absolute atomic E-state index is 1.27. The van der Waals surface area contributed by atoms with Crippen molar-refractivity contribution in [1.82, 2.24) is 4.90 Å². The number of benzene rings is 1. The molecule has 2 heteroatoms. The Kier molecular flexibility index (Phi) is 14.1. The average Bonchev–Trinajstić information content (AvgIpc) is 2.45. The molecule has 0 amide bonds. The molecule has 0 aliphatic heterocycles. The van der Waals surface area contributed by atoms with E-state index >= 15 is 0 Å². The summed E-state index contributed by atoms with van der Waals surface area (Å²) in [5, 5.41) is 0. The molecule has 0 bridgehead atoms. The number of unbranched alkanes of at least 4 members (excludes halogenated alkanes) is 3. The third-order valence-corrected chi connectivity index (χ3v) is 4.06. The molecule has 0 spiro atoms. The number of hydrogen-bond donors (Lipinski definition) is 0. The summed E-state index contributed by atoms with van der Waals surface area (Å²) in [5.74, 6) is 0. The van der Waals surface area contributed by atoms with Crippen LogP contribution in [0.5, 0.6) is 0 Å². The molecule has 1 aromatic rings. The molecule has 0 saturated heterocycles. The zero-order valence-corrected chi connectivity index (χ0v) is 16.8. The van der Waals surface area contributed by atoms with Crippen LogP contribution in [0.25, 0.3) is 0 Å². The molecule has 1 nitrogen and oxygen atoms in total. The third kappa shape index (κ3) is 12.3. The van der Waals surface area contributed by atoms with Crippen LogP contribution in [0, 0.1) is 13.8 Å². The fourth-order valence-corrected chi connectivity index (χ4v) is 3.02. The van der Waals surface area contributed by atoms with Gasteiger partial charge in [0.15, 0.2) is 0 Å². The van der Waals surface area contributed by atoms with Crippen molar-refractivity contribution in [2.24, 2.45) is 0 Å². The summed E-state index contributed by atoms with van der Waals surface area (Å²) in [7, 11) is 0. The molecule has 0 saturated carbocycles. The maximum atomic E-state index is 2.70. The van der Waals surface area contributed by atoms with E-state index in [0.717, 1.165) is 0 Å². The molecule has 0 fully saturated rings. The molecular formula is C20H36AlN+2. The zero-order valence-electron chi connectivity index (χ0n) is 15.6. The Morgan fingerprint density at radius 3 is 1.36 bits per heavy atom. The molecule has 0 heterocycles. The molecule has 0 radical (unpaired) electrons. The predicted octanol–water partition coefficient (Wildman–Crippen LogP) is 4.79. The van der Waals surface area contributed by atoms with E-state index in [1.165, 1.54) is 73.7 Å². The monoisotopic (exact) mass is 317 g/mol. The van der Waals surface area contributed by atoms with Crippen LogP contribution in [0.3, 0.4) is 0 Å². The number of hydrogen-bond acceptors (Lipinski definition) is 1. The van der Waals surface area contributed by atoms with Crippen molar-refractivity contribution >= 4 is 20.7 Å². The average molecular weight is 317 g/mol. The molecule has 22 heavy (non-hydrogen) atoms. The minimum atomic E-state index is 1.27. The quantitative estimate of drug-likeness (QED) is 0.592. The van der Waals surface area contributed by atoms with Crippen LogP contribution in [-0.4, -0.2) is 40.8 Å². The SMILES string of the molecule is CCCCN(CCCC)CCCC.Cc1cc(C)c[c]([Al+2])c1. The van der Waals surface area contributed by atoms with Crippen molar-refractivity contribution in [2.75, 3.05) is 19.6 Å². The fourth-order valence-electron chi connectivity index (χ4n) is 2.49. The van der Waals surface area contributed by atoms with Gasteiger partial charge < -0.3 is 4.90 Å². The van der Waals surface area contributed by atoms with Gasteiger partial charge in [0, 0.05) is 0 Å². The maximum absolute atomic E-state index is 2.70. The number of nitrogens with zero attached hydrogens (tertiary/aromatic N) is 1. The van der Waals surface area contributed by atoms with Crippen molar-refractivity contribution in [3.05, 3.63) is 29.3 Å². The van der Waals surface area contributed by atoms with Gasteiger partial charge in [-0.25, -0.2) is 0 Å². The van der Waals surface area contributed by atoms with Gasteiger partial charge >= 0.3 is 63.9 Å². The molecule has 0 N–H and O–H groups in total. The van der Waals surface area contributed by atoms with Crippen molar-refractivity contribution in [2.45, 2.75) is 73.1 Å². The summed E-state index contributed by atoms with van der Waals surface area (Å²) in [6, 6.07) is 6.48. The number of rotatable bonds is 9. The van der Waals surface area contributed by atoms with Crippen molar-refractivity contribution in [3.63, 3.8) is 0 Å². The Balaban J connectivity index is 0.000000425. The fraction of sp³-hybridized carbons (Fsp3) is 0.700. The Hall–Kier alpha value is -0.288. The normalized spacial score (nSPS) is 10.5. The van der Waals surface area contributed by atoms with Gasteiger partial charge in [0.1, 0.15) is 0 Å². The van der Waals surface area contributed by atoms with Crippen molar-refractivity contribution in [3.8, 4) is 0 Å². The molecule has 0 atom stereocenters. The first-order chi connectivity index (χ1) is 10.5. The standard InChI is InChI=1S/C12H27N.C8H9.Al/c1-4-7-10-13(11-8-5-2)12-9-6-3;1-7-4-3-5-8(2)6-7;/h4-12H2,1-3H3;4-6H,1-2H3;/q;;+2. The van der Waals surface area contributed by atoms with Crippen LogP contribution >= 0.6 is 0 Å². The van der Waals surface area contributed by atoms with Gasteiger partial charge in [-0.3, -0.25) is 0 Å². The van der Waals surface area contributed by atoms with E-state index in [1.807, 2.05) is 0 Å². The Labute approximate surface area is 147 Å². The van der Waals surface area contributed by atoms with Gasteiger partial charge in [-0.05, 0) is 38.9 Å². The van der Waals surface area contributed by atoms with Crippen LogP contribution < -0.4 is 4.43 Å². The van der Waals surface area contributed by atoms with Crippen LogP contribution in [0.4, 0.5) is 0 Å². The molecular weight excluding hydrogens is 281 g/mol. The van der Waals surface area contributed by atoms with E-state index in [2.05, 4.69) is 74.0 Å². The van der Waals surface area contributed by atoms with E-state index < -0.39 is 0 Å². The van der Waals surface area contributed by atoms with Crippen LogP contribution in [-0.2, 0) is 0 Å². The van der Waals surface area contributed by atoms with Crippen molar-refractivity contribution in [1.29, 1.82) is 0 Å². The molecule has 0 aliphatic carbocycles. The first kappa shape index (κ1) is 21.7. The summed E-state index contributed by atoms with van der Waals surface area (Å²) < 4.78 is 1.27. The Bertz CT molecular complexity index is 306. The molecule has 0 unspecified atom stereocenters. The van der Waals surface area contributed by atoms with E-state index in [4.69, 9.17) is 0 Å².